The van der Waals surface area contributed by atoms with Crippen molar-refractivity contribution < 1.29 is 28.6 Å². The van der Waals surface area contributed by atoms with Gasteiger partial charge in [0.25, 0.3) is 0 Å². The maximum absolute atomic E-state index is 12.9. The van der Waals surface area contributed by atoms with E-state index in [0.29, 0.717) is 19.3 Å². The monoisotopic (exact) mass is 1140 g/mol. The van der Waals surface area contributed by atoms with E-state index in [9.17, 15) is 14.4 Å². The number of carbonyl (C=O) groups excluding carboxylic acids is 3. The van der Waals surface area contributed by atoms with Crippen molar-refractivity contribution in [3.63, 3.8) is 0 Å². The van der Waals surface area contributed by atoms with Crippen LogP contribution in [0.25, 0.3) is 0 Å². The maximum Gasteiger partial charge on any atom is 0.306 e. The van der Waals surface area contributed by atoms with Crippen LogP contribution in [0.2, 0.25) is 0 Å². The van der Waals surface area contributed by atoms with Crippen LogP contribution in [0.15, 0.2) is 97.2 Å². The standard InChI is InChI=1S/C76H132O6/c1-4-7-10-13-16-19-22-25-28-30-32-33-34-35-36-37-38-39-40-41-42-43-45-46-48-51-54-57-60-63-66-69-75(78)81-72-73(71-80-74(77)68-65-62-59-56-53-50-27-24-21-18-15-12-9-6-3)82-76(79)70-67-64-61-58-55-52-49-47-44-31-29-26-23-20-17-14-11-8-5-2/h7,10,15-20,24-29,32-33,73H,4-6,8-9,11-14,21-23,30-31,34-72H2,1-3H3/b10-7-,18-15-,19-16-,20-17-,27-24-,28-25-,29-26-,33-32-. The summed E-state index contributed by atoms with van der Waals surface area (Å²) in [4.78, 5) is 38.4. The van der Waals surface area contributed by atoms with Gasteiger partial charge in [-0.1, -0.05) is 311 Å². The van der Waals surface area contributed by atoms with Gasteiger partial charge in [0.2, 0.25) is 0 Å². The molecule has 6 heteroatoms. The van der Waals surface area contributed by atoms with Crippen LogP contribution in [0.1, 0.15) is 348 Å². The van der Waals surface area contributed by atoms with Crippen LogP contribution in [0.5, 0.6) is 0 Å². The van der Waals surface area contributed by atoms with Gasteiger partial charge in [0.1, 0.15) is 13.2 Å². The largest absolute Gasteiger partial charge is 0.462 e. The molecule has 0 rings (SSSR count). The number of esters is 3. The summed E-state index contributed by atoms with van der Waals surface area (Å²) in [5.74, 6) is -0.883. The Morgan fingerprint density at radius 1 is 0.256 bits per heavy atom. The average molecular weight is 1140 g/mol. The summed E-state index contributed by atoms with van der Waals surface area (Å²) in [6.45, 7) is 6.49. The molecule has 0 amide bonds. The minimum atomic E-state index is -0.786. The summed E-state index contributed by atoms with van der Waals surface area (Å²) in [6.07, 6.45) is 94.3. The van der Waals surface area contributed by atoms with E-state index in [-0.39, 0.29) is 31.1 Å². The molecule has 6 nitrogen and oxygen atoms in total. The van der Waals surface area contributed by atoms with Crippen LogP contribution in [0.4, 0.5) is 0 Å². The minimum absolute atomic E-state index is 0.0805. The second-order valence-corrected chi connectivity index (χ2v) is 23.4. The second kappa shape index (κ2) is 69.8. The number of hydrogen-bond acceptors (Lipinski definition) is 6. The van der Waals surface area contributed by atoms with E-state index in [0.717, 1.165) is 109 Å². The Labute approximate surface area is 508 Å². The van der Waals surface area contributed by atoms with E-state index in [2.05, 4.69) is 118 Å². The highest BCUT2D eigenvalue weighted by molar-refractivity contribution is 5.71. The zero-order valence-corrected chi connectivity index (χ0v) is 54.2. The van der Waals surface area contributed by atoms with Gasteiger partial charge >= 0.3 is 17.9 Å². The van der Waals surface area contributed by atoms with Gasteiger partial charge in [-0.05, 0) is 116 Å². The van der Waals surface area contributed by atoms with Gasteiger partial charge in [0.05, 0.1) is 0 Å². The quantitative estimate of drug-likeness (QED) is 0.0261. The van der Waals surface area contributed by atoms with Gasteiger partial charge in [0.15, 0.2) is 6.10 Å². The molecule has 82 heavy (non-hydrogen) atoms. The normalized spacial score (nSPS) is 12.7. The van der Waals surface area contributed by atoms with Gasteiger partial charge < -0.3 is 14.2 Å². The average Bonchev–Trinajstić information content (AvgIpc) is 3.47. The molecular formula is C76H132O6. The Bertz CT molecular complexity index is 1590. The van der Waals surface area contributed by atoms with Crippen molar-refractivity contribution in [3.05, 3.63) is 97.2 Å². The zero-order chi connectivity index (χ0) is 59.2. The van der Waals surface area contributed by atoms with Crippen LogP contribution >= 0.6 is 0 Å². The first-order chi connectivity index (χ1) is 40.5. The van der Waals surface area contributed by atoms with Crippen molar-refractivity contribution in [1.29, 1.82) is 0 Å². The maximum atomic E-state index is 12.9. The molecule has 0 heterocycles. The van der Waals surface area contributed by atoms with Crippen LogP contribution < -0.4 is 0 Å². The van der Waals surface area contributed by atoms with Crippen LogP contribution in [0, 0.1) is 0 Å². The van der Waals surface area contributed by atoms with Crippen molar-refractivity contribution in [3.8, 4) is 0 Å². The smallest absolute Gasteiger partial charge is 0.306 e. The van der Waals surface area contributed by atoms with Gasteiger partial charge in [-0.2, -0.15) is 0 Å². The Morgan fingerprint density at radius 3 is 0.780 bits per heavy atom. The van der Waals surface area contributed by atoms with E-state index < -0.39 is 6.10 Å². The van der Waals surface area contributed by atoms with Crippen molar-refractivity contribution in [2.75, 3.05) is 13.2 Å². The topological polar surface area (TPSA) is 78.9 Å². The van der Waals surface area contributed by atoms with Crippen molar-refractivity contribution in [2.45, 2.75) is 354 Å². The fraction of sp³-hybridized carbons (Fsp3) is 0.750. The van der Waals surface area contributed by atoms with Crippen LogP contribution in [0.3, 0.4) is 0 Å². The first kappa shape index (κ1) is 78.3. The molecule has 0 radical (unpaired) electrons. The fourth-order valence-electron chi connectivity index (χ4n) is 10.0. The lowest BCUT2D eigenvalue weighted by Crippen LogP contribution is -2.30. The first-order valence-corrected chi connectivity index (χ1v) is 35.2. The van der Waals surface area contributed by atoms with Crippen molar-refractivity contribution in [2.24, 2.45) is 0 Å². The Hall–Kier alpha value is -3.67. The van der Waals surface area contributed by atoms with E-state index in [1.54, 1.807) is 0 Å². The second-order valence-electron chi connectivity index (χ2n) is 23.4. The van der Waals surface area contributed by atoms with E-state index in [4.69, 9.17) is 14.2 Å². The summed E-state index contributed by atoms with van der Waals surface area (Å²) in [5, 5.41) is 0. The lowest BCUT2D eigenvalue weighted by molar-refractivity contribution is -0.167. The predicted octanol–water partition coefficient (Wildman–Crippen LogP) is 24.4. The Morgan fingerprint density at radius 2 is 0.488 bits per heavy atom. The molecule has 0 saturated heterocycles. The summed E-state index contributed by atoms with van der Waals surface area (Å²) in [7, 11) is 0. The molecule has 0 aliphatic heterocycles. The lowest BCUT2D eigenvalue weighted by atomic mass is 10.0. The highest BCUT2D eigenvalue weighted by Gasteiger charge is 2.19. The van der Waals surface area contributed by atoms with E-state index in [1.807, 2.05) is 0 Å². The molecule has 1 unspecified atom stereocenters. The van der Waals surface area contributed by atoms with Gasteiger partial charge in [-0.3, -0.25) is 14.4 Å². The molecule has 0 aliphatic rings. The number of hydrogen-bond donors (Lipinski definition) is 0. The molecule has 0 fully saturated rings. The van der Waals surface area contributed by atoms with Crippen LogP contribution in [-0.4, -0.2) is 37.2 Å². The summed E-state index contributed by atoms with van der Waals surface area (Å²) >= 11 is 0. The third-order valence-corrected chi connectivity index (χ3v) is 15.3. The molecule has 0 aromatic carbocycles. The molecule has 0 N–H and O–H groups in total. The van der Waals surface area contributed by atoms with E-state index in [1.165, 1.54) is 199 Å². The first-order valence-electron chi connectivity index (χ1n) is 35.2. The number of allylic oxidation sites excluding steroid dienone is 16. The molecule has 0 aromatic heterocycles. The molecule has 0 saturated carbocycles. The Balaban J connectivity index is 4.23. The number of unbranched alkanes of at least 4 members (excludes halogenated alkanes) is 37. The molecule has 0 spiro atoms. The van der Waals surface area contributed by atoms with Gasteiger partial charge in [-0.15, -0.1) is 0 Å². The molecule has 0 aliphatic carbocycles. The predicted molar refractivity (Wildman–Crippen MR) is 357 cm³/mol. The van der Waals surface area contributed by atoms with Crippen molar-refractivity contribution in [1.82, 2.24) is 0 Å². The molecule has 1 atom stereocenters. The van der Waals surface area contributed by atoms with Gasteiger partial charge in [0, 0.05) is 19.3 Å². The number of rotatable bonds is 64. The highest BCUT2D eigenvalue weighted by Crippen LogP contribution is 2.17. The molecular weight excluding hydrogens is 1010 g/mol. The summed E-state index contributed by atoms with van der Waals surface area (Å²) < 4.78 is 17.0. The SMILES string of the molecule is CC/C=C\C/C=C\C/C=C\C/C=C\CCCCCCCCCCCCCCCCCCCCC(=O)OCC(COC(=O)CCCCCCC/C=C\C/C=C\CCCC)OC(=O)CCCCCCCCCCC/C=C\C/C=C\CCCCC. The molecule has 0 bridgehead atoms. The van der Waals surface area contributed by atoms with Crippen LogP contribution in [-0.2, 0) is 28.6 Å². The minimum Gasteiger partial charge on any atom is -0.462 e. The molecule has 0 aromatic rings. The number of ether oxygens (including phenoxy) is 3. The zero-order valence-electron chi connectivity index (χ0n) is 54.2. The summed E-state index contributed by atoms with van der Waals surface area (Å²) in [5.41, 5.74) is 0. The molecule has 472 valence electrons. The van der Waals surface area contributed by atoms with E-state index >= 15 is 0 Å². The third-order valence-electron chi connectivity index (χ3n) is 15.3. The van der Waals surface area contributed by atoms with Gasteiger partial charge in [-0.25, -0.2) is 0 Å². The highest BCUT2D eigenvalue weighted by atomic mass is 16.6. The summed E-state index contributed by atoms with van der Waals surface area (Å²) in [6, 6.07) is 0. The Kier molecular flexibility index (Phi) is 66.7. The fourth-order valence-corrected chi connectivity index (χ4v) is 10.0. The van der Waals surface area contributed by atoms with Crippen molar-refractivity contribution >= 4 is 17.9 Å². The number of carbonyl (C=O) groups is 3. The third kappa shape index (κ3) is 67.1. The lowest BCUT2D eigenvalue weighted by Gasteiger charge is -2.18.